The minimum absolute atomic E-state index is 0.0950. The van der Waals surface area contributed by atoms with Crippen LogP contribution in [0.2, 0.25) is 0 Å². The largest absolute Gasteiger partial charge is 0.388 e. The lowest BCUT2D eigenvalue weighted by molar-refractivity contribution is -0.125. The predicted molar refractivity (Wildman–Crippen MR) is 75.8 cm³/mol. The minimum Gasteiger partial charge on any atom is -0.388 e. The van der Waals surface area contributed by atoms with Crippen molar-refractivity contribution in [2.45, 2.75) is 24.9 Å². The van der Waals surface area contributed by atoms with E-state index in [-0.39, 0.29) is 18.9 Å². The Morgan fingerprint density at radius 3 is 2.95 bits per heavy atom. The van der Waals surface area contributed by atoms with Crippen LogP contribution >= 0.6 is 15.9 Å². The molecule has 2 rings (SSSR count). The van der Waals surface area contributed by atoms with Crippen LogP contribution in [0.4, 0.5) is 0 Å². The number of primary amides is 1. The molecule has 0 aliphatic carbocycles. The molecule has 1 aliphatic rings. The molecule has 7 heteroatoms. The molecule has 0 spiro atoms. The molecule has 1 unspecified atom stereocenters. The second-order valence-electron chi connectivity index (χ2n) is 5.03. The van der Waals surface area contributed by atoms with Crippen LogP contribution in [0.1, 0.15) is 29.8 Å². The molecular formula is C13H16BrN3O3. The van der Waals surface area contributed by atoms with Gasteiger partial charge in [0.15, 0.2) is 0 Å². The van der Waals surface area contributed by atoms with Gasteiger partial charge in [-0.3, -0.25) is 9.59 Å². The fourth-order valence-corrected chi connectivity index (χ4v) is 2.87. The van der Waals surface area contributed by atoms with Gasteiger partial charge in [-0.25, -0.2) is 4.98 Å². The Kier molecular flexibility index (Phi) is 4.39. The van der Waals surface area contributed by atoms with Crippen molar-refractivity contribution in [3.8, 4) is 0 Å². The molecule has 6 nitrogen and oxygen atoms in total. The molecule has 1 saturated heterocycles. The van der Waals surface area contributed by atoms with Gasteiger partial charge in [0.2, 0.25) is 5.91 Å². The molecule has 2 heterocycles. The molecular weight excluding hydrogens is 326 g/mol. The molecule has 1 fully saturated rings. The number of aliphatic hydroxyl groups is 1. The van der Waals surface area contributed by atoms with Crippen LogP contribution in [-0.2, 0) is 4.79 Å². The summed E-state index contributed by atoms with van der Waals surface area (Å²) in [6, 6.07) is 3.46. The lowest BCUT2D eigenvalue weighted by Gasteiger charge is -2.38. The van der Waals surface area contributed by atoms with Crippen LogP contribution in [0.15, 0.2) is 22.8 Å². The average Bonchev–Trinajstić information content (AvgIpc) is 2.37. The van der Waals surface area contributed by atoms with Crippen LogP contribution in [0.3, 0.4) is 0 Å². The summed E-state index contributed by atoms with van der Waals surface area (Å²) in [7, 11) is 0. The molecule has 0 bridgehead atoms. The van der Waals surface area contributed by atoms with Crippen LogP contribution in [0.5, 0.6) is 0 Å². The molecule has 0 aromatic carbocycles. The number of piperidine rings is 1. The van der Waals surface area contributed by atoms with Gasteiger partial charge in [-0.05, 0) is 40.9 Å². The van der Waals surface area contributed by atoms with E-state index in [1.54, 1.807) is 12.1 Å². The maximum atomic E-state index is 12.4. The van der Waals surface area contributed by atoms with Crippen molar-refractivity contribution >= 4 is 27.7 Å². The number of carbonyl (C=O) groups excluding carboxylic acids is 2. The van der Waals surface area contributed by atoms with E-state index < -0.39 is 11.5 Å². The number of rotatable bonds is 3. The van der Waals surface area contributed by atoms with E-state index in [4.69, 9.17) is 5.73 Å². The van der Waals surface area contributed by atoms with Gasteiger partial charge in [0.05, 0.1) is 18.6 Å². The third-order valence-corrected chi connectivity index (χ3v) is 3.95. The maximum Gasteiger partial charge on any atom is 0.273 e. The van der Waals surface area contributed by atoms with Gasteiger partial charge < -0.3 is 15.7 Å². The average molecular weight is 342 g/mol. The Balaban J connectivity index is 2.15. The quantitative estimate of drug-likeness (QED) is 0.845. The smallest absolute Gasteiger partial charge is 0.273 e. The number of β-amino-alcohol motifs (C(OH)–C–C–N with tert-alkyl or cyclic N) is 1. The van der Waals surface area contributed by atoms with E-state index in [9.17, 15) is 14.7 Å². The van der Waals surface area contributed by atoms with Crippen molar-refractivity contribution in [3.05, 3.63) is 28.5 Å². The molecule has 2 amide bonds. The zero-order valence-corrected chi connectivity index (χ0v) is 12.5. The van der Waals surface area contributed by atoms with E-state index in [0.29, 0.717) is 29.6 Å². The SMILES string of the molecule is NC(=O)CC1(O)CCCN(C(=O)c2ncccc2Br)C1. The summed E-state index contributed by atoms with van der Waals surface area (Å²) in [6.07, 6.45) is 2.49. The van der Waals surface area contributed by atoms with Crippen molar-refractivity contribution in [2.75, 3.05) is 13.1 Å². The van der Waals surface area contributed by atoms with Crippen LogP contribution < -0.4 is 5.73 Å². The zero-order chi connectivity index (χ0) is 14.8. The number of aromatic nitrogens is 1. The number of hydrogen-bond donors (Lipinski definition) is 2. The van der Waals surface area contributed by atoms with Gasteiger partial charge >= 0.3 is 0 Å². The summed E-state index contributed by atoms with van der Waals surface area (Å²) in [5, 5.41) is 10.4. The number of nitrogens with zero attached hydrogens (tertiary/aromatic N) is 2. The van der Waals surface area contributed by atoms with E-state index in [1.807, 2.05) is 0 Å². The molecule has 1 aliphatic heterocycles. The Hall–Kier alpha value is -1.47. The normalized spacial score (nSPS) is 22.6. The van der Waals surface area contributed by atoms with Gasteiger partial charge in [0, 0.05) is 17.2 Å². The number of hydrogen-bond acceptors (Lipinski definition) is 4. The van der Waals surface area contributed by atoms with Crippen molar-refractivity contribution in [3.63, 3.8) is 0 Å². The molecule has 108 valence electrons. The highest BCUT2D eigenvalue weighted by atomic mass is 79.9. The van der Waals surface area contributed by atoms with Crippen molar-refractivity contribution in [1.29, 1.82) is 0 Å². The highest BCUT2D eigenvalue weighted by Gasteiger charge is 2.37. The summed E-state index contributed by atoms with van der Waals surface area (Å²) in [5.41, 5.74) is 4.21. The van der Waals surface area contributed by atoms with E-state index in [1.165, 1.54) is 11.1 Å². The van der Waals surface area contributed by atoms with Gasteiger partial charge in [0.25, 0.3) is 5.91 Å². The first-order valence-electron chi connectivity index (χ1n) is 6.32. The summed E-state index contributed by atoms with van der Waals surface area (Å²) in [5.74, 6) is -0.833. The van der Waals surface area contributed by atoms with E-state index >= 15 is 0 Å². The summed E-state index contributed by atoms with van der Waals surface area (Å²) < 4.78 is 0.606. The second kappa shape index (κ2) is 5.88. The van der Waals surface area contributed by atoms with E-state index in [2.05, 4.69) is 20.9 Å². The standard InChI is InChI=1S/C13H16BrN3O3/c14-9-3-1-5-16-11(9)12(19)17-6-2-4-13(20,8-17)7-10(15)18/h1,3,5,20H,2,4,6-8H2,(H2,15,18). The summed E-state index contributed by atoms with van der Waals surface area (Å²) in [4.78, 5) is 29.0. The van der Waals surface area contributed by atoms with E-state index in [0.717, 1.165) is 0 Å². The van der Waals surface area contributed by atoms with Gasteiger partial charge in [-0.2, -0.15) is 0 Å². The molecule has 0 radical (unpaired) electrons. The predicted octanol–water partition coefficient (Wildman–Crippen LogP) is 0.687. The molecule has 3 N–H and O–H groups in total. The number of nitrogens with two attached hydrogens (primary N) is 1. The Labute approximate surface area is 125 Å². The first-order valence-corrected chi connectivity index (χ1v) is 7.11. The zero-order valence-electron chi connectivity index (χ0n) is 10.9. The van der Waals surface area contributed by atoms with Crippen molar-refractivity contribution in [1.82, 2.24) is 9.88 Å². The van der Waals surface area contributed by atoms with Crippen LogP contribution in [-0.4, -0.2) is 45.5 Å². The first-order chi connectivity index (χ1) is 9.41. The number of amides is 2. The lowest BCUT2D eigenvalue weighted by Crippen LogP contribution is -2.52. The maximum absolute atomic E-state index is 12.4. The third-order valence-electron chi connectivity index (χ3n) is 3.31. The van der Waals surface area contributed by atoms with Crippen molar-refractivity contribution < 1.29 is 14.7 Å². The minimum atomic E-state index is -1.24. The third kappa shape index (κ3) is 3.34. The Bertz CT molecular complexity index is 537. The Morgan fingerprint density at radius 2 is 2.30 bits per heavy atom. The van der Waals surface area contributed by atoms with Crippen LogP contribution in [0, 0.1) is 0 Å². The Morgan fingerprint density at radius 1 is 1.55 bits per heavy atom. The summed E-state index contributed by atoms with van der Waals surface area (Å²) in [6.45, 7) is 0.626. The lowest BCUT2D eigenvalue weighted by atomic mass is 9.89. The first kappa shape index (κ1) is 14.9. The van der Waals surface area contributed by atoms with Gasteiger partial charge in [-0.1, -0.05) is 0 Å². The molecule has 1 aromatic rings. The molecule has 0 saturated carbocycles. The number of carbonyl (C=O) groups is 2. The van der Waals surface area contributed by atoms with Gasteiger partial charge in [0.1, 0.15) is 5.69 Å². The fraction of sp³-hybridized carbons (Fsp3) is 0.462. The number of pyridine rings is 1. The van der Waals surface area contributed by atoms with Crippen molar-refractivity contribution in [2.24, 2.45) is 5.73 Å². The second-order valence-corrected chi connectivity index (χ2v) is 5.89. The monoisotopic (exact) mass is 341 g/mol. The highest BCUT2D eigenvalue weighted by molar-refractivity contribution is 9.10. The molecule has 1 atom stereocenters. The van der Waals surface area contributed by atoms with Crippen LogP contribution in [0.25, 0.3) is 0 Å². The summed E-state index contributed by atoms with van der Waals surface area (Å²) >= 11 is 3.29. The fourth-order valence-electron chi connectivity index (χ4n) is 2.45. The van der Waals surface area contributed by atoms with Gasteiger partial charge in [-0.15, -0.1) is 0 Å². The molecule has 20 heavy (non-hydrogen) atoms. The highest BCUT2D eigenvalue weighted by Crippen LogP contribution is 2.26. The number of halogens is 1. The molecule has 1 aromatic heterocycles. The number of likely N-dealkylation sites (tertiary alicyclic amines) is 1. The topological polar surface area (TPSA) is 96.5 Å².